The van der Waals surface area contributed by atoms with Crippen molar-refractivity contribution >= 4 is 11.8 Å². The molecule has 0 saturated heterocycles. The third-order valence-electron chi connectivity index (χ3n) is 2.25. The lowest BCUT2D eigenvalue weighted by molar-refractivity contribution is 0.343. The van der Waals surface area contributed by atoms with E-state index in [9.17, 15) is 9.50 Å². The van der Waals surface area contributed by atoms with Gasteiger partial charge in [0.15, 0.2) is 0 Å². The van der Waals surface area contributed by atoms with Gasteiger partial charge in [0.25, 0.3) is 0 Å². The monoisotopic (exact) mass is 264 g/mol. The average molecular weight is 264 g/mol. The standard InChI is InChI=1S/C14H13FO2S/c15-11-4-6-13(7-5-11)17-8-9-18-14-3-1-2-12(16)10-14/h1-7,10,16H,8-9H2. The minimum atomic E-state index is -0.267. The fourth-order valence-electron chi connectivity index (χ4n) is 1.42. The second kappa shape index (κ2) is 6.31. The zero-order valence-electron chi connectivity index (χ0n) is 9.67. The number of rotatable bonds is 5. The van der Waals surface area contributed by atoms with Gasteiger partial charge in [0.2, 0.25) is 0 Å². The maximum absolute atomic E-state index is 12.7. The fraction of sp³-hybridized carbons (Fsp3) is 0.143. The van der Waals surface area contributed by atoms with Crippen LogP contribution in [0.3, 0.4) is 0 Å². The molecule has 2 nitrogen and oxygen atoms in total. The number of aromatic hydroxyl groups is 1. The molecule has 0 amide bonds. The average Bonchev–Trinajstić information content (AvgIpc) is 2.37. The number of benzene rings is 2. The summed E-state index contributed by atoms with van der Waals surface area (Å²) in [4.78, 5) is 0.998. The number of hydrogen-bond acceptors (Lipinski definition) is 3. The van der Waals surface area contributed by atoms with Crippen LogP contribution in [-0.4, -0.2) is 17.5 Å². The molecule has 0 aromatic heterocycles. The summed E-state index contributed by atoms with van der Waals surface area (Å²) < 4.78 is 18.1. The molecule has 0 bridgehead atoms. The van der Waals surface area contributed by atoms with Crippen LogP contribution in [0.25, 0.3) is 0 Å². The molecule has 0 saturated carbocycles. The van der Waals surface area contributed by atoms with E-state index in [0.29, 0.717) is 12.4 Å². The lowest BCUT2D eigenvalue weighted by Crippen LogP contribution is -1.99. The minimum absolute atomic E-state index is 0.263. The first kappa shape index (κ1) is 12.8. The second-order valence-corrected chi connectivity index (χ2v) is 4.82. The van der Waals surface area contributed by atoms with Crippen molar-refractivity contribution in [3.05, 3.63) is 54.3 Å². The summed E-state index contributed by atoms with van der Waals surface area (Å²) in [6.45, 7) is 0.534. The van der Waals surface area contributed by atoms with Crippen molar-refractivity contribution in [1.29, 1.82) is 0 Å². The number of ether oxygens (including phenoxy) is 1. The van der Waals surface area contributed by atoms with Gasteiger partial charge in [0.05, 0.1) is 6.61 Å². The highest BCUT2D eigenvalue weighted by Crippen LogP contribution is 2.22. The smallest absolute Gasteiger partial charge is 0.123 e. The molecule has 1 N–H and O–H groups in total. The van der Waals surface area contributed by atoms with Gasteiger partial charge in [-0.25, -0.2) is 4.39 Å². The van der Waals surface area contributed by atoms with Crippen molar-refractivity contribution in [3.63, 3.8) is 0 Å². The van der Waals surface area contributed by atoms with Crippen molar-refractivity contribution in [3.8, 4) is 11.5 Å². The summed E-state index contributed by atoms with van der Waals surface area (Å²) in [7, 11) is 0. The number of hydrogen-bond donors (Lipinski definition) is 1. The van der Waals surface area contributed by atoms with Crippen LogP contribution in [0, 0.1) is 5.82 Å². The summed E-state index contributed by atoms with van der Waals surface area (Å²) in [5, 5.41) is 9.29. The molecule has 0 heterocycles. The Morgan fingerprint density at radius 2 is 1.89 bits per heavy atom. The van der Waals surface area contributed by atoms with Crippen molar-refractivity contribution in [2.45, 2.75) is 4.90 Å². The Balaban J connectivity index is 1.74. The van der Waals surface area contributed by atoms with Gasteiger partial charge < -0.3 is 9.84 Å². The van der Waals surface area contributed by atoms with Gasteiger partial charge in [0.1, 0.15) is 17.3 Å². The zero-order valence-corrected chi connectivity index (χ0v) is 10.5. The number of phenolic OH excluding ortho intramolecular Hbond substituents is 1. The van der Waals surface area contributed by atoms with Gasteiger partial charge in [-0.05, 0) is 42.5 Å². The van der Waals surface area contributed by atoms with Crippen LogP contribution >= 0.6 is 11.8 Å². The summed E-state index contributed by atoms with van der Waals surface area (Å²) in [6.07, 6.45) is 0. The molecule has 94 valence electrons. The van der Waals surface area contributed by atoms with E-state index < -0.39 is 0 Å². The van der Waals surface area contributed by atoms with Crippen LogP contribution in [0.2, 0.25) is 0 Å². The quantitative estimate of drug-likeness (QED) is 0.659. The fourth-order valence-corrected chi connectivity index (χ4v) is 2.20. The number of thioether (sulfide) groups is 1. The Bertz CT molecular complexity index is 499. The SMILES string of the molecule is Oc1cccc(SCCOc2ccc(F)cc2)c1. The molecule has 0 atom stereocenters. The maximum atomic E-state index is 12.7. The van der Waals surface area contributed by atoms with E-state index in [4.69, 9.17) is 4.74 Å². The first-order valence-electron chi connectivity index (χ1n) is 5.54. The normalized spacial score (nSPS) is 10.3. The van der Waals surface area contributed by atoms with E-state index in [1.54, 1.807) is 42.1 Å². The Labute approximate surface area is 109 Å². The van der Waals surface area contributed by atoms with Crippen molar-refractivity contribution < 1.29 is 14.2 Å². The van der Waals surface area contributed by atoms with E-state index in [2.05, 4.69) is 0 Å². The van der Waals surface area contributed by atoms with Crippen molar-refractivity contribution in [1.82, 2.24) is 0 Å². The zero-order chi connectivity index (χ0) is 12.8. The van der Waals surface area contributed by atoms with Crippen molar-refractivity contribution in [2.75, 3.05) is 12.4 Å². The third kappa shape index (κ3) is 3.96. The summed E-state index contributed by atoms with van der Waals surface area (Å²) in [6, 6.07) is 13.0. The van der Waals surface area contributed by atoms with Crippen LogP contribution in [0.15, 0.2) is 53.4 Å². The van der Waals surface area contributed by atoms with Gasteiger partial charge in [0, 0.05) is 10.6 Å². The molecule has 2 aromatic carbocycles. The van der Waals surface area contributed by atoms with E-state index in [1.807, 2.05) is 6.07 Å². The van der Waals surface area contributed by atoms with Gasteiger partial charge in [-0.2, -0.15) is 0 Å². The molecule has 0 aliphatic heterocycles. The van der Waals surface area contributed by atoms with Gasteiger partial charge in [-0.15, -0.1) is 11.8 Å². The van der Waals surface area contributed by atoms with Crippen LogP contribution < -0.4 is 4.74 Å². The molecule has 0 aliphatic carbocycles. The molecular formula is C14H13FO2S. The summed E-state index contributed by atoms with van der Waals surface area (Å²) >= 11 is 1.60. The Kier molecular flexibility index (Phi) is 4.47. The summed E-state index contributed by atoms with van der Waals surface area (Å²) in [5.74, 6) is 1.42. The highest BCUT2D eigenvalue weighted by atomic mass is 32.2. The van der Waals surface area contributed by atoms with E-state index >= 15 is 0 Å². The largest absolute Gasteiger partial charge is 0.508 e. The van der Waals surface area contributed by atoms with Gasteiger partial charge in [-0.3, -0.25) is 0 Å². The second-order valence-electron chi connectivity index (χ2n) is 3.65. The van der Waals surface area contributed by atoms with Crippen molar-refractivity contribution in [2.24, 2.45) is 0 Å². The lowest BCUT2D eigenvalue weighted by atomic mass is 10.3. The van der Waals surface area contributed by atoms with Crippen LogP contribution in [0.4, 0.5) is 4.39 Å². The van der Waals surface area contributed by atoms with Crippen LogP contribution in [-0.2, 0) is 0 Å². The first-order valence-corrected chi connectivity index (χ1v) is 6.53. The molecular weight excluding hydrogens is 251 g/mol. The number of phenols is 1. The number of halogens is 1. The summed E-state index contributed by atoms with van der Waals surface area (Å²) in [5.41, 5.74) is 0. The minimum Gasteiger partial charge on any atom is -0.508 e. The maximum Gasteiger partial charge on any atom is 0.123 e. The van der Waals surface area contributed by atoms with E-state index in [0.717, 1.165) is 10.6 Å². The Morgan fingerprint density at radius 1 is 1.11 bits per heavy atom. The van der Waals surface area contributed by atoms with Gasteiger partial charge >= 0.3 is 0 Å². The predicted molar refractivity (Wildman–Crippen MR) is 70.7 cm³/mol. The highest BCUT2D eigenvalue weighted by molar-refractivity contribution is 7.99. The van der Waals surface area contributed by atoms with E-state index in [-0.39, 0.29) is 11.6 Å². The molecule has 4 heteroatoms. The molecule has 2 aromatic rings. The predicted octanol–water partition coefficient (Wildman–Crippen LogP) is 3.70. The van der Waals surface area contributed by atoms with Crippen LogP contribution in [0.1, 0.15) is 0 Å². The Hall–Kier alpha value is -1.68. The molecule has 0 unspecified atom stereocenters. The lowest BCUT2D eigenvalue weighted by Gasteiger charge is -2.06. The topological polar surface area (TPSA) is 29.5 Å². The molecule has 2 rings (SSSR count). The highest BCUT2D eigenvalue weighted by Gasteiger charge is 1.97. The molecule has 0 radical (unpaired) electrons. The first-order chi connectivity index (χ1) is 8.74. The molecule has 0 spiro atoms. The van der Waals surface area contributed by atoms with Gasteiger partial charge in [-0.1, -0.05) is 6.07 Å². The van der Waals surface area contributed by atoms with E-state index in [1.165, 1.54) is 12.1 Å². The third-order valence-corrected chi connectivity index (χ3v) is 3.21. The molecule has 18 heavy (non-hydrogen) atoms. The Morgan fingerprint density at radius 3 is 2.61 bits per heavy atom. The molecule has 0 fully saturated rings. The van der Waals surface area contributed by atoms with Crippen LogP contribution in [0.5, 0.6) is 11.5 Å². The molecule has 0 aliphatic rings.